The molecule has 1 unspecified atom stereocenters. The second kappa shape index (κ2) is 5.30. The van der Waals surface area contributed by atoms with E-state index in [2.05, 4.69) is 15.3 Å². The van der Waals surface area contributed by atoms with Crippen LogP contribution in [0.2, 0.25) is 0 Å². The first-order chi connectivity index (χ1) is 8.61. The second-order valence-electron chi connectivity index (χ2n) is 4.12. The second-order valence-corrected chi connectivity index (χ2v) is 5.36. The average Bonchev–Trinajstić information content (AvgIpc) is 2.70. The lowest BCUT2D eigenvalue weighted by atomic mass is 10.1. The highest BCUT2D eigenvalue weighted by molar-refractivity contribution is 7.18. The molecule has 18 heavy (non-hydrogen) atoms. The van der Waals surface area contributed by atoms with Crippen LogP contribution in [0.25, 0.3) is 10.2 Å². The van der Waals surface area contributed by atoms with Gasteiger partial charge in [0, 0.05) is 11.4 Å². The van der Waals surface area contributed by atoms with Gasteiger partial charge in [0.1, 0.15) is 17.0 Å². The maximum atomic E-state index is 10.9. The fourth-order valence-corrected chi connectivity index (χ4v) is 2.59. The summed E-state index contributed by atoms with van der Waals surface area (Å²) in [6.45, 7) is 4.26. The van der Waals surface area contributed by atoms with Crippen molar-refractivity contribution >= 4 is 33.3 Å². The summed E-state index contributed by atoms with van der Waals surface area (Å²) in [6, 6.07) is 2.02. The van der Waals surface area contributed by atoms with Crippen LogP contribution >= 0.6 is 11.3 Å². The van der Waals surface area contributed by atoms with Gasteiger partial charge in [-0.05, 0) is 19.4 Å². The van der Waals surface area contributed by atoms with Gasteiger partial charge < -0.3 is 10.4 Å². The van der Waals surface area contributed by atoms with Crippen LogP contribution in [0.15, 0.2) is 12.4 Å². The Morgan fingerprint density at radius 3 is 3.00 bits per heavy atom. The summed E-state index contributed by atoms with van der Waals surface area (Å²) >= 11 is 1.61. The van der Waals surface area contributed by atoms with Gasteiger partial charge in [-0.25, -0.2) is 9.97 Å². The van der Waals surface area contributed by atoms with Crippen molar-refractivity contribution < 1.29 is 9.90 Å². The molecule has 0 saturated heterocycles. The summed E-state index contributed by atoms with van der Waals surface area (Å²) in [4.78, 5) is 21.4. The molecule has 96 valence electrons. The van der Waals surface area contributed by atoms with Gasteiger partial charge in [-0.1, -0.05) is 6.92 Å². The lowest BCUT2D eigenvalue weighted by Crippen LogP contribution is -2.22. The number of hydrogen-bond acceptors (Lipinski definition) is 5. The molecule has 1 atom stereocenters. The van der Waals surface area contributed by atoms with Gasteiger partial charge in [0.15, 0.2) is 0 Å². The molecule has 2 aromatic rings. The fraction of sp³-hybridized carbons (Fsp3) is 0.417. The Kier molecular flexibility index (Phi) is 3.76. The number of aliphatic carboxylic acids is 1. The highest BCUT2D eigenvalue weighted by atomic mass is 32.1. The smallest absolute Gasteiger partial charge is 0.308 e. The summed E-state index contributed by atoms with van der Waals surface area (Å²) in [5.41, 5.74) is 0. The number of anilines is 1. The molecule has 5 nitrogen and oxygen atoms in total. The third-order valence-corrected chi connectivity index (χ3v) is 3.77. The maximum Gasteiger partial charge on any atom is 0.308 e. The molecule has 0 aliphatic heterocycles. The van der Waals surface area contributed by atoms with Gasteiger partial charge in [-0.2, -0.15) is 0 Å². The summed E-state index contributed by atoms with van der Waals surface area (Å²) in [7, 11) is 0. The molecule has 2 N–H and O–H groups in total. The number of thiophene rings is 1. The van der Waals surface area contributed by atoms with Crippen molar-refractivity contribution in [2.75, 3.05) is 11.9 Å². The number of carbonyl (C=O) groups is 1. The van der Waals surface area contributed by atoms with Crippen molar-refractivity contribution in [3.05, 3.63) is 17.3 Å². The predicted molar refractivity (Wildman–Crippen MR) is 72.1 cm³/mol. The number of nitrogens with one attached hydrogen (secondary N) is 1. The normalized spacial score (nSPS) is 12.6. The first-order valence-corrected chi connectivity index (χ1v) is 6.61. The largest absolute Gasteiger partial charge is 0.481 e. The minimum atomic E-state index is -0.781. The Hall–Kier alpha value is -1.69. The zero-order valence-electron chi connectivity index (χ0n) is 10.3. The number of nitrogens with zero attached hydrogens (tertiary/aromatic N) is 2. The fourth-order valence-electron chi connectivity index (χ4n) is 1.74. The van der Waals surface area contributed by atoms with Crippen LogP contribution in [0.1, 0.15) is 18.2 Å². The zero-order valence-corrected chi connectivity index (χ0v) is 11.1. The molecule has 6 heteroatoms. The van der Waals surface area contributed by atoms with Crippen LogP contribution in [-0.2, 0) is 4.79 Å². The lowest BCUT2D eigenvalue weighted by molar-refractivity contribution is -0.141. The number of carboxylic acids is 1. The summed E-state index contributed by atoms with van der Waals surface area (Å²) in [6.07, 6.45) is 2.10. The van der Waals surface area contributed by atoms with E-state index in [-0.39, 0.29) is 0 Å². The van der Waals surface area contributed by atoms with Gasteiger partial charge in [0.2, 0.25) is 0 Å². The van der Waals surface area contributed by atoms with E-state index in [0.717, 1.165) is 10.2 Å². The van der Waals surface area contributed by atoms with Crippen LogP contribution in [0.5, 0.6) is 0 Å². The van der Waals surface area contributed by atoms with E-state index in [1.54, 1.807) is 11.3 Å². The summed E-state index contributed by atoms with van der Waals surface area (Å²) in [5, 5.41) is 13.1. The molecule has 0 spiro atoms. The summed E-state index contributed by atoms with van der Waals surface area (Å²) < 4.78 is 0. The van der Waals surface area contributed by atoms with Crippen molar-refractivity contribution in [2.24, 2.45) is 5.92 Å². The van der Waals surface area contributed by atoms with E-state index < -0.39 is 11.9 Å². The molecule has 0 amide bonds. The first-order valence-electron chi connectivity index (χ1n) is 5.79. The van der Waals surface area contributed by atoms with E-state index in [9.17, 15) is 4.79 Å². The monoisotopic (exact) mass is 265 g/mol. The van der Waals surface area contributed by atoms with E-state index in [1.807, 2.05) is 19.9 Å². The Morgan fingerprint density at radius 1 is 1.56 bits per heavy atom. The van der Waals surface area contributed by atoms with Gasteiger partial charge in [-0.3, -0.25) is 4.79 Å². The molecule has 0 bridgehead atoms. The van der Waals surface area contributed by atoms with Crippen molar-refractivity contribution in [3.63, 3.8) is 0 Å². The topological polar surface area (TPSA) is 75.1 Å². The van der Waals surface area contributed by atoms with Gasteiger partial charge >= 0.3 is 5.97 Å². The van der Waals surface area contributed by atoms with Gasteiger partial charge in [0.25, 0.3) is 0 Å². The van der Waals surface area contributed by atoms with Crippen molar-refractivity contribution in [1.82, 2.24) is 9.97 Å². The molecular formula is C12H15N3O2S. The lowest BCUT2D eigenvalue weighted by Gasteiger charge is -2.11. The Balaban J connectivity index is 2.19. The number of rotatable bonds is 5. The molecule has 0 saturated carbocycles. The van der Waals surface area contributed by atoms with E-state index in [1.165, 1.54) is 11.2 Å². The minimum Gasteiger partial charge on any atom is -0.481 e. The van der Waals surface area contributed by atoms with Crippen LogP contribution in [0.4, 0.5) is 5.82 Å². The molecule has 0 aliphatic carbocycles. The third kappa shape index (κ3) is 2.59. The average molecular weight is 265 g/mol. The zero-order chi connectivity index (χ0) is 13.1. The molecule has 0 aliphatic rings. The Labute approximate surface area is 109 Å². The van der Waals surface area contributed by atoms with E-state index in [0.29, 0.717) is 18.8 Å². The SMILES string of the molecule is CCC(CNc1ncnc2sc(C)cc12)C(=O)O. The summed E-state index contributed by atoms with van der Waals surface area (Å²) in [5.74, 6) is -0.462. The Morgan fingerprint density at radius 2 is 2.33 bits per heavy atom. The van der Waals surface area contributed by atoms with Crippen LogP contribution in [-0.4, -0.2) is 27.6 Å². The van der Waals surface area contributed by atoms with Crippen molar-refractivity contribution in [3.8, 4) is 0 Å². The Bertz CT molecular complexity index is 567. The molecular weight excluding hydrogens is 250 g/mol. The molecule has 0 aromatic carbocycles. The highest BCUT2D eigenvalue weighted by Crippen LogP contribution is 2.27. The number of aromatic nitrogens is 2. The van der Waals surface area contributed by atoms with Gasteiger partial charge in [-0.15, -0.1) is 11.3 Å². The third-order valence-electron chi connectivity index (χ3n) is 2.81. The van der Waals surface area contributed by atoms with E-state index >= 15 is 0 Å². The number of fused-ring (bicyclic) bond motifs is 1. The number of aryl methyl sites for hydroxylation is 1. The molecule has 2 rings (SSSR count). The molecule has 2 aromatic heterocycles. The van der Waals surface area contributed by atoms with Crippen LogP contribution in [0.3, 0.4) is 0 Å². The molecule has 2 heterocycles. The predicted octanol–water partition coefficient (Wildman–Crippen LogP) is 2.52. The van der Waals surface area contributed by atoms with Crippen LogP contribution in [0, 0.1) is 12.8 Å². The van der Waals surface area contributed by atoms with Gasteiger partial charge in [0.05, 0.1) is 11.3 Å². The molecule has 0 radical (unpaired) electrons. The van der Waals surface area contributed by atoms with E-state index in [4.69, 9.17) is 5.11 Å². The standard InChI is InChI=1S/C12H15N3O2S/c1-3-8(12(16)17)5-13-10-9-4-7(2)18-11(9)15-6-14-10/h4,6,8H,3,5H2,1-2H3,(H,16,17)(H,13,14,15). The number of hydrogen-bond donors (Lipinski definition) is 2. The van der Waals surface area contributed by atoms with Crippen molar-refractivity contribution in [1.29, 1.82) is 0 Å². The first kappa shape index (κ1) is 12.8. The highest BCUT2D eigenvalue weighted by Gasteiger charge is 2.15. The van der Waals surface area contributed by atoms with Crippen LogP contribution < -0.4 is 5.32 Å². The maximum absolute atomic E-state index is 10.9. The number of carboxylic acid groups (broad SMARTS) is 1. The molecule has 0 fully saturated rings. The quantitative estimate of drug-likeness (QED) is 0.868. The minimum absolute atomic E-state index is 0.382. The van der Waals surface area contributed by atoms with Crippen molar-refractivity contribution in [2.45, 2.75) is 20.3 Å².